The summed E-state index contributed by atoms with van der Waals surface area (Å²) in [6.07, 6.45) is 0. The summed E-state index contributed by atoms with van der Waals surface area (Å²) in [6, 6.07) is 0.932. The third-order valence-electron chi connectivity index (χ3n) is 2.76. The van der Waals surface area contributed by atoms with Gasteiger partial charge in [0, 0.05) is 32.1 Å². The molecule has 3 nitrogen and oxygen atoms in total. The number of amides is 1. The third kappa shape index (κ3) is 2.69. The molecule has 0 aliphatic carbocycles. The Morgan fingerprint density at radius 2 is 2.08 bits per heavy atom. The van der Waals surface area contributed by atoms with Gasteiger partial charge in [-0.1, -0.05) is 6.92 Å². The molecule has 1 saturated heterocycles. The maximum atomic E-state index is 10.9. The van der Waals surface area contributed by atoms with Gasteiger partial charge in [0.05, 0.1) is 0 Å². The molecule has 0 spiro atoms. The topological polar surface area (TPSA) is 32.3 Å². The quantitative estimate of drug-likeness (QED) is 0.690. The zero-order valence-corrected chi connectivity index (χ0v) is 9.00. The molecule has 1 heterocycles. The molecule has 76 valence electrons. The van der Waals surface area contributed by atoms with Crippen molar-refractivity contribution in [1.29, 1.82) is 0 Å². The number of nitrogens with zero attached hydrogens (tertiary/aromatic N) is 1. The van der Waals surface area contributed by atoms with Crippen LogP contribution < -0.4 is 5.32 Å². The lowest BCUT2D eigenvalue weighted by Gasteiger charge is -2.20. The number of likely N-dealkylation sites (tertiary alicyclic amines) is 1. The van der Waals surface area contributed by atoms with Crippen LogP contribution in [0.5, 0.6) is 0 Å². The maximum Gasteiger partial charge on any atom is 0.217 e. The van der Waals surface area contributed by atoms with Gasteiger partial charge in [0.2, 0.25) is 5.91 Å². The van der Waals surface area contributed by atoms with E-state index < -0.39 is 0 Å². The second-order valence-electron chi connectivity index (χ2n) is 4.33. The molecule has 0 aromatic carbocycles. The number of hydrogen-bond acceptors (Lipinski definition) is 2. The normalized spacial score (nSPS) is 29.6. The molecule has 0 aromatic heterocycles. The Morgan fingerprint density at radius 3 is 2.46 bits per heavy atom. The van der Waals surface area contributed by atoms with Crippen molar-refractivity contribution in [3.63, 3.8) is 0 Å². The van der Waals surface area contributed by atoms with E-state index in [1.54, 1.807) is 6.92 Å². The predicted octanol–water partition coefficient (Wildman–Crippen LogP) is 0.851. The Bertz CT molecular complexity index is 191. The Balaban J connectivity index is 2.46. The van der Waals surface area contributed by atoms with Crippen molar-refractivity contribution >= 4 is 5.91 Å². The van der Waals surface area contributed by atoms with Crippen molar-refractivity contribution in [1.82, 2.24) is 10.2 Å². The second kappa shape index (κ2) is 4.09. The highest BCUT2D eigenvalue weighted by atomic mass is 16.1. The summed E-state index contributed by atoms with van der Waals surface area (Å²) in [7, 11) is 0. The molecule has 1 aliphatic rings. The Morgan fingerprint density at radius 1 is 1.46 bits per heavy atom. The highest BCUT2D eigenvalue weighted by molar-refractivity contribution is 5.73. The highest BCUT2D eigenvalue weighted by Gasteiger charge is 2.30. The van der Waals surface area contributed by atoms with Gasteiger partial charge in [-0.15, -0.1) is 0 Å². The maximum absolute atomic E-state index is 10.9. The van der Waals surface area contributed by atoms with Gasteiger partial charge in [0.25, 0.3) is 0 Å². The summed E-state index contributed by atoms with van der Waals surface area (Å²) in [5.41, 5.74) is 0. The van der Waals surface area contributed by atoms with Crippen molar-refractivity contribution in [3.8, 4) is 0 Å². The van der Waals surface area contributed by atoms with Crippen molar-refractivity contribution in [2.24, 2.45) is 5.92 Å². The summed E-state index contributed by atoms with van der Waals surface area (Å²) in [5.74, 6) is 0.661. The van der Waals surface area contributed by atoms with Gasteiger partial charge < -0.3 is 5.32 Å². The number of hydrogen-bond donors (Lipinski definition) is 1. The first-order valence-corrected chi connectivity index (χ1v) is 5.02. The fraction of sp³-hybridized carbons (Fsp3) is 0.900. The number of nitrogens with one attached hydrogen (secondary N) is 1. The highest BCUT2D eigenvalue weighted by Crippen LogP contribution is 2.18. The van der Waals surface area contributed by atoms with Crippen LogP contribution in [0.1, 0.15) is 27.7 Å². The van der Waals surface area contributed by atoms with E-state index in [0.29, 0.717) is 18.0 Å². The molecule has 0 aromatic rings. The van der Waals surface area contributed by atoms with Gasteiger partial charge in [0.15, 0.2) is 0 Å². The van der Waals surface area contributed by atoms with Crippen LogP contribution >= 0.6 is 0 Å². The summed E-state index contributed by atoms with van der Waals surface area (Å²) in [6.45, 7) is 10.3. The summed E-state index contributed by atoms with van der Waals surface area (Å²) in [5, 5.41) is 3.00. The van der Waals surface area contributed by atoms with Gasteiger partial charge >= 0.3 is 0 Å². The van der Waals surface area contributed by atoms with Crippen molar-refractivity contribution in [3.05, 3.63) is 0 Å². The Kier molecular flexibility index (Phi) is 3.31. The second-order valence-corrected chi connectivity index (χ2v) is 4.33. The van der Waals surface area contributed by atoms with Gasteiger partial charge in [-0.25, -0.2) is 0 Å². The first kappa shape index (κ1) is 10.5. The van der Waals surface area contributed by atoms with Crippen LogP contribution in [0.2, 0.25) is 0 Å². The van der Waals surface area contributed by atoms with Crippen LogP contribution in [0.15, 0.2) is 0 Å². The fourth-order valence-electron chi connectivity index (χ4n) is 1.87. The largest absolute Gasteiger partial charge is 0.352 e. The van der Waals surface area contributed by atoms with Crippen molar-refractivity contribution < 1.29 is 4.79 Å². The van der Waals surface area contributed by atoms with E-state index in [1.807, 2.05) is 0 Å². The van der Waals surface area contributed by atoms with Crippen LogP contribution in [-0.2, 0) is 4.79 Å². The summed E-state index contributed by atoms with van der Waals surface area (Å²) >= 11 is 0. The fourth-order valence-corrected chi connectivity index (χ4v) is 1.87. The average molecular weight is 184 g/mol. The van der Waals surface area contributed by atoms with Crippen LogP contribution in [0.4, 0.5) is 0 Å². The SMILES string of the molecule is CC(=O)N[C@H]1CN(C(C)C)C[C@@H]1C. The predicted molar refractivity (Wildman–Crippen MR) is 53.5 cm³/mol. The Labute approximate surface area is 80.5 Å². The van der Waals surface area contributed by atoms with Crippen LogP contribution in [0.3, 0.4) is 0 Å². The van der Waals surface area contributed by atoms with Gasteiger partial charge in [-0.2, -0.15) is 0 Å². The molecule has 0 radical (unpaired) electrons. The monoisotopic (exact) mass is 184 g/mol. The lowest BCUT2D eigenvalue weighted by Crippen LogP contribution is -2.39. The van der Waals surface area contributed by atoms with Gasteiger partial charge in [0.1, 0.15) is 0 Å². The standard InChI is InChI=1S/C10H20N2O/c1-7(2)12-5-8(3)10(6-12)11-9(4)13/h7-8,10H,5-6H2,1-4H3,(H,11,13)/t8-,10-/m0/s1. The van der Waals surface area contributed by atoms with Crippen LogP contribution in [0.25, 0.3) is 0 Å². The molecular weight excluding hydrogens is 164 g/mol. The molecule has 3 heteroatoms. The Hall–Kier alpha value is -0.570. The zero-order chi connectivity index (χ0) is 10.0. The smallest absolute Gasteiger partial charge is 0.217 e. The molecule has 1 rings (SSSR count). The van der Waals surface area contributed by atoms with Crippen LogP contribution in [-0.4, -0.2) is 36.0 Å². The number of carbonyl (C=O) groups is 1. The molecule has 0 saturated carbocycles. The lowest BCUT2D eigenvalue weighted by atomic mass is 10.1. The number of carbonyl (C=O) groups excluding carboxylic acids is 1. The van der Waals surface area contributed by atoms with Gasteiger partial charge in [-0.3, -0.25) is 9.69 Å². The minimum atomic E-state index is 0.0856. The molecule has 13 heavy (non-hydrogen) atoms. The van der Waals surface area contributed by atoms with E-state index in [0.717, 1.165) is 13.1 Å². The summed E-state index contributed by atoms with van der Waals surface area (Å²) < 4.78 is 0. The zero-order valence-electron chi connectivity index (χ0n) is 9.00. The molecule has 1 fully saturated rings. The first-order chi connectivity index (χ1) is 6.00. The van der Waals surface area contributed by atoms with E-state index >= 15 is 0 Å². The van der Waals surface area contributed by atoms with Crippen molar-refractivity contribution in [2.45, 2.75) is 39.8 Å². The van der Waals surface area contributed by atoms with E-state index in [1.165, 1.54) is 0 Å². The van der Waals surface area contributed by atoms with Crippen LogP contribution in [0, 0.1) is 5.92 Å². The molecule has 1 amide bonds. The van der Waals surface area contributed by atoms with E-state index in [9.17, 15) is 4.79 Å². The average Bonchev–Trinajstić information content (AvgIpc) is 2.31. The minimum Gasteiger partial charge on any atom is -0.352 e. The molecule has 2 atom stereocenters. The van der Waals surface area contributed by atoms with Crippen molar-refractivity contribution in [2.75, 3.05) is 13.1 Å². The molecule has 1 aliphatic heterocycles. The van der Waals surface area contributed by atoms with E-state index in [-0.39, 0.29) is 5.91 Å². The third-order valence-corrected chi connectivity index (χ3v) is 2.76. The van der Waals surface area contributed by atoms with Gasteiger partial charge in [-0.05, 0) is 19.8 Å². The first-order valence-electron chi connectivity index (χ1n) is 5.02. The molecule has 0 unspecified atom stereocenters. The lowest BCUT2D eigenvalue weighted by molar-refractivity contribution is -0.119. The minimum absolute atomic E-state index is 0.0856. The molecular formula is C10H20N2O. The molecule has 1 N–H and O–H groups in total. The molecule has 0 bridgehead atoms. The van der Waals surface area contributed by atoms with E-state index in [2.05, 4.69) is 31.0 Å². The number of rotatable bonds is 2. The summed E-state index contributed by atoms with van der Waals surface area (Å²) in [4.78, 5) is 13.3. The van der Waals surface area contributed by atoms with E-state index in [4.69, 9.17) is 0 Å².